The number of rotatable bonds is 4. The van der Waals surface area contributed by atoms with Crippen LogP contribution in [0.3, 0.4) is 0 Å². The van der Waals surface area contributed by atoms with E-state index in [1.165, 1.54) is 19.5 Å². The molecule has 0 bridgehead atoms. The van der Waals surface area contributed by atoms with Crippen LogP contribution in [-0.2, 0) is 0 Å². The van der Waals surface area contributed by atoms with Crippen molar-refractivity contribution in [2.45, 2.75) is 52.2 Å². The molecule has 0 aromatic rings. The van der Waals surface area contributed by atoms with Gasteiger partial charge in [-0.15, -0.1) is 0 Å². The van der Waals surface area contributed by atoms with Gasteiger partial charge in [0, 0.05) is 31.2 Å². The van der Waals surface area contributed by atoms with Gasteiger partial charge in [-0.2, -0.15) is 0 Å². The average molecular weight is 170 g/mol. The smallest absolute Gasteiger partial charge is 0.0325 e. The first-order valence-electron chi connectivity index (χ1n) is 5.13. The second kappa shape index (κ2) is 4.24. The summed E-state index contributed by atoms with van der Waals surface area (Å²) < 4.78 is 0. The average Bonchev–Trinajstić information content (AvgIpc) is 1.94. The van der Waals surface area contributed by atoms with Crippen molar-refractivity contribution in [1.29, 1.82) is 0 Å². The van der Waals surface area contributed by atoms with E-state index >= 15 is 0 Å². The first kappa shape index (κ1) is 10.0. The molecule has 1 unspecified atom stereocenters. The Kier molecular flexibility index (Phi) is 3.53. The molecule has 1 fully saturated rings. The lowest BCUT2D eigenvalue weighted by Gasteiger charge is -2.44. The zero-order valence-electron chi connectivity index (χ0n) is 8.80. The molecule has 0 spiro atoms. The van der Waals surface area contributed by atoms with Crippen molar-refractivity contribution in [3.05, 3.63) is 0 Å². The molecular weight excluding hydrogens is 148 g/mol. The SMILES string of the molecule is CCC(C)N1CC(NC(C)C)C1. The van der Waals surface area contributed by atoms with Crippen molar-refractivity contribution < 1.29 is 0 Å². The topological polar surface area (TPSA) is 15.3 Å². The lowest BCUT2D eigenvalue weighted by molar-refractivity contribution is 0.0778. The Bertz CT molecular complexity index is 128. The fraction of sp³-hybridized carbons (Fsp3) is 1.00. The standard InChI is InChI=1S/C10H22N2/c1-5-9(4)12-6-10(7-12)11-8(2)3/h8-11H,5-7H2,1-4H3. The summed E-state index contributed by atoms with van der Waals surface area (Å²) in [6.07, 6.45) is 1.27. The molecule has 0 amide bonds. The predicted molar refractivity (Wildman–Crippen MR) is 53.4 cm³/mol. The Hall–Kier alpha value is -0.0800. The number of nitrogens with one attached hydrogen (secondary N) is 1. The zero-order chi connectivity index (χ0) is 9.14. The molecule has 12 heavy (non-hydrogen) atoms. The van der Waals surface area contributed by atoms with E-state index in [9.17, 15) is 0 Å². The minimum Gasteiger partial charge on any atom is -0.309 e. The fourth-order valence-electron chi connectivity index (χ4n) is 1.71. The van der Waals surface area contributed by atoms with Gasteiger partial charge < -0.3 is 5.32 Å². The van der Waals surface area contributed by atoms with Crippen LogP contribution in [-0.4, -0.2) is 36.1 Å². The molecule has 2 nitrogen and oxygen atoms in total. The quantitative estimate of drug-likeness (QED) is 0.687. The lowest BCUT2D eigenvalue weighted by atomic mass is 10.0. The molecule has 1 rings (SSSR count). The largest absolute Gasteiger partial charge is 0.309 e. The Morgan fingerprint density at radius 3 is 2.33 bits per heavy atom. The second-order valence-corrected chi connectivity index (χ2v) is 4.23. The number of hydrogen-bond donors (Lipinski definition) is 1. The number of nitrogens with zero attached hydrogens (tertiary/aromatic N) is 1. The van der Waals surface area contributed by atoms with Crippen LogP contribution in [0.25, 0.3) is 0 Å². The van der Waals surface area contributed by atoms with Gasteiger partial charge in [0.25, 0.3) is 0 Å². The highest BCUT2D eigenvalue weighted by Crippen LogP contribution is 2.14. The van der Waals surface area contributed by atoms with Gasteiger partial charge in [-0.25, -0.2) is 0 Å². The van der Waals surface area contributed by atoms with Gasteiger partial charge >= 0.3 is 0 Å². The van der Waals surface area contributed by atoms with Crippen LogP contribution in [0.5, 0.6) is 0 Å². The van der Waals surface area contributed by atoms with Gasteiger partial charge in [0.2, 0.25) is 0 Å². The summed E-state index contributed by atoms with van der Waals surface area (Å²) >= 11 is 0. The van der Waals surface area contributed by atoms with Crippen LogP contribution >= 0.6 is 0 Å². The molecule has 72 valence electrons. The monoisotopic (exact) mass is 170 g/mol. The van der Waals surface area contributed by atoms with Crippen LogP contribution in [0, 0.1) is 0 Å². The van der Waals surface area contributed by atoms with Gasteiger partial charge in [-0.05, 0) is 13.3 Å². The number of likely N-dealkylation sites (tertiary alicyclic amines) is 1. The van der Waals surface area contributed by atoms with Crippen molar-refractivity contribution >= 4 is 0 Å². The summed E-state index contributed by atoms with van der Waals surface area (Å²) in [5, 5.41) is 3.55. The molecule has 0 aliphatic carbocycles. The molecule has 0 saturated carbocycles. The second-order valence-electron chi connectivity index (χ2n) is 4.23. The Labute approximate surface area is 76.3 Å². The van der Waals surface area contributed by atoms with Gasteiger partial charge in [0.05, 0.1) is 0 Å². The summed E-state index contributed by atoms with van der Waals surface area (Å²) in [7, 11) is 0. The zero-order valence-corrected chi connectivity index (χ0v) is 8.80. The summed E-state index contributed by atoms with van der Waals surface area (Å²) in [5.74, 6) is 0. The molecular formula is C10H22N2. The van der Waals surface area contributed by atoms with E-state index in [4.69, 9.17) is 0 Å². The van der Waals surface area contributed by atoms with E-state index in [0.29, 0.717) is 6.04 Å². The molecule has 1 aliphatic heterocycles. The Morgan fingerprint density at radius 1 is 1.33 bits per heavy atom. The highest BCUT2D eigenvalue weighted by Gasteiger charge is 2.29. The molecule has 1 aliphatic rings. The van der Waals surface area contributed by atoms with E-state index in [0.717, 1.165) is 12.1 Å². The summed E-state index contributed by atoms with van der Waals surface area (Å²) in [6.45, 7) is 11.5. The predicted octanol–water partition coefficient (Wildman–Crippen LogP) is 1.47. The van der Waals surface area contributed by atoms with Crippen LogP contribution < -0.4 is 5.32 Å². The van der Waals surface area contributed by atoms with Crippen molar-refractivity contribution in [1.82, 2.24) is 10.2 Å². The molecule has 0 aromatic heterocycles. The fourth-order valence-corrected chi connectivity index (χ4v) is 1.71. The molecule has 1 heterocycles. The number of hydrogen-bond acceptors (Lipinski definition) is 2. The van der Waals surface area contributed by atoms with E-state index in [1.54, 1.807) is 0 Å². The highest BCUT2D eigenvalue weighted by atomic mass is 15.3. The van der Waals surface area contributed by atoms with E-state index in [-0.39, 0.29) is 0 Å². The third-order valence-electron chi connectivity index (χ3n) is 2.69. The van der Waals surface area contributed by atoms with Crippen LogP contribution in [0.1, 0.15) is 34.1 Å². The van der Waals surface area contributed by atoms with E-state index < -0.39 is 0 Å². The minimum atomic E-state index is 0.633. The Balaban J connectivity index is 2.11. The minimum absolute atomic E-state index is 0.633. The molecule has 1 saturated heterocycles. The van der Waals surface area contributed by atoms with Crippen molar-refractivity contribution in [2.75, 3.05) is 13.1 Å². The summed E-state index contributed by atoms with van der Waals surface area (Å²) in [6, 6.07) is 2.16. The molecule has 0 radical (unpaired) electrons. The van der Waals surface area contributed by atoms with Gasteiger partial charge in [0.1, 0.15) is 0 Å². The summed E-state index contributed by atoms with van der Waals surface area (Å²) in [5.41, 5.74) is 0. The molecule has 2 heteroatoms. The molecule has 1 atom stereocenters. The van der Waals surface area contributed by atoms with E-state index in [1.807, 2.05) is 0 Å². The van der Waals surface area contributed by atoms with Gasteiger partial charge in [0.15, 0.2) is 0 Å². The molecule has 0 aromatic carbocycles. The highest BCUT2D eigenvalue weighted by molar-refractivity contribution is 4.89. The maximum Gasteiger partial charge on any atom is 0.0325 e. The third kappa shape index (κ3) is 2.46. The first-order valence-corrected chi connectivity index (χ1v) is 5.13. The van der Waals surface area contributed by atoms with Crippen molar-refractivity contribution in [2.24, 2.45) is 0 Å². The van der Waals surface area contributed by atoms with Crippen molar-refractivity contribution in [3.8, 4) is 0 Å². The van der Waals surface area contributed by atoms with Crippen LogP contribution in [0.4, 0.5) is 0 Å². The van der Waals surface area contributed by atoms with E-state index in [2.05, 4.69) is 37.9 Å². The summed E-state index contributed by atoms with van der Waals surface area (Å²) in [4.78, 5) is 2.54. The van der Waals surface area contributed by atoms with Crippen molar-refractivity contribution in [3.63, 3.8) is 0 Å². The molecule has 1 N–H and O–H groups in total. The van der Waals surface area contributed by atoms with Gasteiger partial charge in [-0.3, -0.25) is 4.90 Å². The maximum absolute atomic E-state index is 3.55. The lowest BCUT2D eigenvalue weighted by Crippen LogP contribution is -2.61. The normalized spacial score (nSPS) is 22.8. The third-order valence-corrected chi connectivity index (χ3v) is 2.69. The van der Waals surface area contributed by atoms with Gasteiger partial charge in [-0.1, -0.05) is 20.8 Å². The van der Waals surface area contributed by atoms with Crippen LogP contribution in [0.15, 0.2) is 0 Å². The van der Waals surface area contributed by atoms with Crippen LogP contribution in [0.2, 0.25) is 0 Å². The first-order chi connectivity index (χ1) is 5.63. The maximum atomic E-state index is 3.55. The Morgan fingerprint density at radius 2 is 1.92 bits per heavy atom.